The Morgan fingerprint density at radius 2 is 2.00 bits per heavy atom. The number of urea groups is 1. The van der Waals surface area contributed by atoms with E-state index in [0.29, 0.717) is 30.6 Å². The minimum absolute atomic E-state index is 0.148. The van der Waals surface area contributed by atoms with Crippen molar-refractivity contribution in [3.8, 4) is 0 Å². The van der Waals surface area contributed by atoms with Gasteiger partial charge in [0.1, 0.15) is 5.82 Å². The number of aliphatic carboxylic acids is 1. The van der Waals surface area contributed by atoms with E-state index in [4.69, 9.17) is 5.11 Å². The molecule has 0 aliphatic rings. The minimum Gasteiger partial charge on any atom is -0.481 e. The van der Waals surface area contributed by atoms with E-state index < -0.39 is 5.97 Å². The molecule has 0 fully saturated rings. The number of hydrogen-bond donors (Lipinski definition) is 3. The molecule has 21 heavy (non-hydrogen) atoms. The molecule has 5 nitrogen and oxygen atoms in total. The number of carboxylic acid groups (broad SMARTS) is 1. The van der Waals surface area contributed by atoms with Gasteiger partial charge in [0.2, 0.25) is 0 Å². The fourth-order valence-electron chi connectivity index (χ4n) is 1.73. The zero-order valence-electron chi connectivity index (χ0n) is 11.7. The second-order valence-electron chi connectivity index (χ2n) is 4.67. The first kappa shape index (κ1) is 17.4. The molecular formula is C14H18BrFN2O3. The van der Waals surface area contributed by atoms with Crippen LogP contribution in [0.15, 0.2) is 16.6 Å². The van der Waals surface area contributed by atoms with Crippen LogP contribution in [0.4, 0.5) is 14.9 Å². The number of aryl methyl sites for hydroxylation is 1. The first-order chi connectivity index (χ1) is 9.90. The molecule has 3 N–H and O–H groups in total. The number of anilines is 1. The van der Waals surface area contributed by atoms with Gasteiger partial charge in [-0.25, -0.2) is 9.18 Å². The third-order valence-corrected chi connectivity index (χ3v) is 3.48. The lowest BCUT2D eigenvalue weighted by molar-refractivity contribution is -0.137. The Bertz CT molecular complexity index is 523. The van der Waals surface area contributed by atoms with Crippen molar-refractivity contribution in [2.75, 3.05) is 11.9 Å². The summed E-state index contributed by atoms with van der Waals surface area (Å²) in [4.78, 5) is 22.0. The maximum absolute atomic E-state index is 13.3. The number of unbranched alkanes of at least 4 members (excludes halogenated alkanes) is 2. The second-order valence-corrected chi connectivity index (χ2v) is 5.52. The molecule has 0 atom stereocenters. The monoisotopic (exact) mass is 360 g/mol. The van der Waals surface area contributed by atoms with Gasteiger partial charge < -0.3 is 15.7 Å². The van der Waals surface area contributed by atoms with Crippen LogP contribution in [0.5, 0.6) is 0 Å². The molecule has 7 heteroatoms. The van der Waals surface area contributed by atoms with Gasteiger partial charge in [-0.1, -0.05) is 6.42 Å². The summed E-state index contributed by atoms with van der Waals surface area (Å²) in [7, 11) is 0. The molecule has 1 rings (SSSR count). The Morgan fingerprint density at radius 1 is 1.29 bits per heavy atom. The highest BCUT2D eigenvalue weighted by Gasteiger charge is 2.08. The van der Waals surface area contributed by atoms with Crippen LogP contribution in [0.25, 0.3) is 0 Å². The highest BCUT2D eigenvalue weighted by molar-refractivity contribution is 9.10. The van der Waals surface area contributed by atoms with Crippen LogP contribution in [-0.2, 0) is 4.79 Å². The molecule has 0 saturated carbocycles. The van der Waals surface area contributed by atoms with E-state index in [2.05, 4.69) is 26.6 Å². The van der Waals surface area contributed by atoms with Gasteiger partial charge in [-0.15, -0.1) is 0 Å². The van der Waals surface area contributed by atoms with E-state index in [-0.39, 0.29) is 22.7 Å². The summed E-state index contributed by atoms with van der Waals surface area (Å²) in [5.41, 5.74) is 1.17. The highest BCUT2D eigenvalue weighted by atomic mass is 79.9. The highest BCUT2D eigenvalue weighted by Crippen LogP contribution is 2.24. The molecule has 0 aromatic heterocycles. The molecular weight excluding hydrogens is 343 g/mol. The van der Waals surface area contributed by atoms with Crippen LogP contribution >= 0.6 is 15.9 Å². The number of amides is 2. The van der Waals surface area contributed by atoms with Crippen molar-refractivity contribution in [3.63, 3.8) is 0 Å². The number of carboxylic acids is 1. The van der Waals surface area contributed by atoms with Crippen LogP contribution in [0.3, 0.4) is 0 Å². The molecule has 1 aromatic carbocycles. The maximum Gasteiger partial charge on any atom is 0.319 e. The van der Waals surface area contributed by atoms with Gasteiger partial charge >= 0.3 is 12.0 Å². The van der Waals surface area contributed by atoms with Crippen molar-refractivity contribution >= 4 is 33.6 Å². The molecule has 2 amide bonds. The van der Waals surface area contributed by atoms with E-state index in [1.807, 2.05) is 0 Å². The lowest BCUT2D eigenvalue weighted by Gasteiger charge is -2.10. The summed E-state index contributed by atoms with van der Waals surface area (Å²) in [6.45, 7) is 2.17. The fraction of sp³-hybridized carbons (Fsp3) is 0.429. The summed E-state index contributed by atoms with van der Waals surface area (Å²) in [5.74, 6) is -1.19. The SMILES string of the molecule is Cc1cc(F)c(Br)cc1NC(=O)NCCCCCC(=O)O. The van der Waals surface area contributed by atoms with Gasteiger partial charge in [-0.2, -0.15) is 0 Å². The number of benzene rings is 1. The number of hydrogen-bond acceptors (Lipinski definition) is 2. The topological polar surface area (TPSA) is 78.4 Å². The second kappa shape index (κ2) is 8.61. The summed E-state index contributed by atoms with van der Waals surface area (Å²) in [6.07, 6.45) is 2.21. The quantitative estimate of drug-likeness (QED) is 0.649. The van der Waals surface area contributed by atoms with Crippen molar-refractivity contribution in [2.24, 2.45) is 0 Å². The molecule has 0 unspecified atom stereocenters. The van der Waals surface area contributed by atoms with Crippen LogP contribution in [0.1, 0.15) is 31.2 Å². The van der Waals surface area contributed by atoms with Crippen molar-refractivity contribution < 1.29 is 19.1 Å². The van der Waals surface area contributed by atoms with Crippen LogP contribution in [-0.4, -0.2) is 23.7 Å². The average Bonchev–Trinajstić information content (AvgIpc) is 2.39. The van der Waals surface area contributed by atoms with Gasteiger partial charge in [-0.3, -0.25) is 4.79 Å². The molecule has 0 bridgehead atoms. The summed E-state index contributed by atoms with van der Waals surface area (Å²) < 4.78 is 13.5. The molecule has 0 heterocycles. The summed E-state index contributed by atoms with van der Waals surface area (Å²) in [5, 5.41) is 13.8. The lowest BCUT2D eigenvalue weighted by Crippen LogP contribution is -2.29. The molecule has 0 radical (unpaired) electrons. The number of carbonyl (C=O) groups is 2. The largest absolute Gasteiger partial charge is 0.481 e. The standard InChI is InChI=1S/C14H18BrFN2O3/c1-9-7-11(16)10(15)8-12(9)18-14(21)17-6-4-2-3-5-13(19)20/h7-8H,2-6H2,1H3,(H,19,20)(H2,17,18,21). The Morgan fingerprint density at radius 3 is 2.67 bits per heavy atom. The minimum atomic E-state index is -0.807. The van der Waals surface area contributed by atoms with E-state index in [9.17, 15) is 14.0 Å². The van der Waals surface area contributed by atoms with E-state index in [1.165, 1.54) is 12.1 Å². The Hall–Kier alpha value is -1.63. The summed E-state index contributed by atoms with van der Waals surface area (Å²) in [6, 6.07) is 2.48. The number of rotatable bonds is 7. The number of nitrogens with one attached hydrogen (secondary N) is 2. The third-order valence-electron chi connectivity index (χ3n) is 2.87. The molecule has 0 aliphatic carbocycles. The third kappa shape index (κ3) is 6.57. The first-order valence-corrected chi connectivity index (χ1v) is 7.41. The molecule has 0 aliphatic heterocycles. The van der Waals surface area contributed by atoms with E-state index in [0.717, 1.165) is 6.42 Å². The summed E-state index contributed by atoms with van der Waals surface area (Å²) >= 11 is 3.07. The zero-order valence-corrected chi connectivity index (χ0v) is 13.3. The average molecular weight is 361 g/mol. The molecule has 116 valence electrons. The Balaban J connectivity index is 2.31. The molecule has 1 aromatic rings. The van der Waals surface area contributed by atoms with Gasteiger partial charge in [0, 0.05) is 18.7 Å². The van der Waals surface area contributed by atoms with Crippen molar-refractivity contribution in [1.29, 1.82) is 0 Å². The van der Waals surface area contributed by atoms with Crippen molar-refractivity contribution in [1.82, 2.24) is 5.32 Å². The Kier molecular flexibility index (Phi) is 7.14. The first-order valence-electron chi connectivity index (χ1n) is 6.62. The van der Waals surface area contributed by atoms with Crippen molar-refractivity contribution in [2.45, 2.75) is 32.6 Å². The number of carbonyl (C=O) groups excluding carboxylic acids is 1. The fourth-order valence-corrected chi connectivity index (χ4v) is 2.07. The van der Waals surface area contributed by atoms with Gasteiger partial charge in [0.25, 0.3) is 0 Å². The Labute approximate surface area is 131 Å². The predicted octanol–water partition coefficient (Wildman–Crippen LogP) is 3.66. The van der Waals surface area contributed by atoms with Gasteiger partial charge in [0.15, 0.2) is 0 Å². The molecule has 0 saturated heterocycles. The maximum atomic E-state index is 13.3. The normalized spacial score (nSPS) is 10.2. The van der Waals surface area contributed by atoms with Crippen LogP contribution in [0, 0.1) is 12.7 Å². The van der Waals surface area contributed by atoms with E-state index in [1.54, 1.807) is 6.92 Å². The van der Waals surface area contributed by atoms with Gasteiger partial charge in [0.05, 0.1) is 4.47 Å². The van der Waals surface area contributed by atoms with Crippen molar-refractivity contribution in [3.05, 3.63) is 28.0 Å². The van der Waals surface area contributed by atoms with Crippen LogP contribution < -0.4 is 10.6 Å². The smallest absolute Gasteiger partial charge is 0.319 e. The predicted molar refractivity (Wildman–Crippen MR) is 82.0 cm³/mol. The van der Waals surface area contributed by atoms with Gasteiger partial charge in [-0.05, 0) is 53.4 Å². The molecule has 0 spiro atoms. The van der Waals surface area contributed by atoms with Crippen LogP contribution in [0.2, 0.25) is 0 Å². The zero-order chi connectivity index (χ0) is 15.8. The van der Waals surface area contributed by atoms with E-state index >= 15 is 0 Å². The number of halogens is 2. The lowest BCUT2D eigenvalue weighted by atomic mass is 10.2.